The van der Waals surface area contributed by atoms with Gasteiger partial charge in [0.2, 0.25) is 10.0 Å². The van der Waals surface area contributed by atoms with Crippen LogP contribution in [0.3, 0.4) is 0 Å². The lowest BCUT2D eigenvalue weighted by Gasteiger charge is -2.28. The molecule has 0 aliphatic heterocycles. The van der Waals surface area contributed by atoms with Crippen molar-refractivity contribution in [2.24, 2.45) is 5.73 Å². The Morgan fingerprint density at radius 2 is 1.66 bits per heavy atom. The molecule has 3 aromatic carbocycles. The molecular weight excluding hydrogens is 590 g/mol. The number of amides is 2. The standard InChI is InChI=1S/C31H35N3O9S/c1-44(40,41)33-29(35)27-16-11-23(19-28(27)43-26-5-3-2-4-6-26)22-9-7-21(8-10-22)17-18-31(37,20-42-30(32)36)24-12-14-25(15-13-24)34(38)39/h7-16,19,26,37H,2-6,17-18,20H2,1H3,(H2,32,36)(H,33,35)/t31-/m0/s1. The number of hydrogen-bond acceptors (Lipinski definition) is 9. The summed E-state index contributed by atoms with van der Waals surface area (Å²) in [5, 5.41) is 22.4. The maximum Gasteiger partial charge on any atom is 0.404 e. The predicted octanol–water partition coefficient (Wildman–Crippen LogP) is 4.58. The monoisotopic (exact) mass is 625 g/mol. The van der Waals surface area contributed by atoms with Crippen molar-refractivity contribution in [3.8, 4) is 16.9 Å². The molecule has 1 aliphatic carbocycles. The SMILES string of the molecule is CS(=O)(=O)NC(=O)c1ccc(-c2ccc(CC[C@](O)(COC(N)=O)c3ccc([N+](=O)[O-])cc3)cc2)cc1OC1CCCCC1. The number of nitrogens with two attached hydrogens (primary N) is 1. The second-order valence-corrected chi connectivity index (χ2v) is 12.7. The number of carbonyl (C=O) groups excluding carboxylic acids is 2. The summed E-state index contributed by atoms with van der Waals surface area (Å²) in [4.78, 5) is 34.5. The highest BCUT2D eigenvalue weighted by molar-refractivity contribution is 7.89. The third kappa shape index (κ3) is 8.77. The number of nitrogens with zero attached hydrogens (tertiary/aromatic N) is 1. The van der Waals surface area contributed by atoms with E-state index in [2.05, 4.69) is 0 Å². The smallest absolute Gasteiger partial charge is 0.404 e. The van der Waals surface area contributed by atoms with Crippen molar-refractivity contribution < 1.29 is 37.5 Å². The number of aliphatic hydroxyl groups is 1. The number of sulfonamides is 1. The van der Waals surface area contributed by atoms with Crippen LogP contribution in [0.1, 0.15) is 60.0 Å². The fourth-order valence-electron chi connectivity index (χ4n) is 5.17. The third-order valence-electron chi connectivity index (χ3n) is 7.53. The summed E-state index contributed by atoms with van der Waals surface area (Å²) in [5.74, 6) is -0.455. The van der Waals surface area contributed by atoms with Crippen LogP contribution in [0.15, 0.2) is 66.7 Å². The normalized spacial score (nSPS) is 15.1. The van der Waals surface area contributed by atoms with E-state index in [0.717, 1.165) is 55.1 Å². The number of rotatable bonds is 12. The molecule has 0 radical (unpaired) electrons. The van der Waals surface area contributed by atoms with E-state index >= 15 is 0 Å². The van der Waals surface area contributed by atoms with Crippen molar-refractivity contribution in [3.05, 3.63) is 93.5 Å². The summed E-state index contributed by atoms with van der Waals surface area (Å²) >= 11 is 0. The molecule has 44 heavy (non-hydrogen) atoms. The van der Waals surface area contributed by atoms with Crippen molar-refractivity contribution in [3.63, 3.8) is 0 Å². The summed E-state index contributed by atoms with van der Waals surface area (Å²) < 4.78 is 36.5. The van der Waals surface area contributed by atoms with E-state index in [1.54, 1.807) is 18.2 Å². The van der Waals surface area contributed by atoms with Gasteiger partial charge in [-0.15, -0.1) is 0 Å². The largest absolute Gasteiger partial charge is 0.490 e. The Balaban J connectivity index is 1.54. The number of carbonyl (C=O) groups is 2. The fraction of sp³-hybridized carbons (Fsp3) is 0.355. The second kappa shape index (κ2) is 13.9. The molecule has 4 rings (SSSR count). The summed E-state index contributed by atoms with van der Waals surface area (Å²) in [5.41, 5.74) is 6.24. The zero-order valence-electron chi connectivity index (χ0n) is 24.2. The lowest BCUT2D eigenvalue weighted by atomic mass is 9.88. The molecule has 12 nitrogen and oxygen atoms in total. The molecule has 0 bridgehead atoms. The predicted molar refractivity (Wildman–Crippen MR) is 163 cm³/mol. The number of nitro benzene ring substituents is 1. The van der Waals surface area contributed by atoms with Crippen LogP contribution in [0.5, 0.6) is 5.75 Å². The lowest BCUT2D eigenvalue weighted by Crippen LogP contribution is -2.34. The van der Waals surface area contributed by atoms with Crippen molar-refractivity contribution in [1.82, 2.24) is 4.72 Å². The van der Waals surface area contributed by atoms with Crippen molar-refractivity contribution in [2.45, 2.75) is 56.7 Å². The van der Waals surface area contributed by atoms with Crippen LogP contribution in [0.25, 0.3) is 11.1 Å². The van der Waals surface area contributed by atoms with Crippen LogP contribution in [-0.2, 0) is 26.8 Å². The highest BCUT2D eigenvalue weighted by Crippen LogP contribution is 2.33. The Labute approximate surface area is 255 Å². The summed E-state index contributed by atoms with van der Waals surface area (Å²) in [6, 6.07) is 17.8. The van der Waals surface area contributed by atoms with E-state index < -0.39 is 39.2 Å². The molecule has 0 heterocycles. The molecule has 0 saturated heterocycles. The first-order chi connectivity index (χ1) is 20.8. The average Bonchev–Trinajstić information content (AvgIpc) is 2.99. The molecular formula is C31H35N3O9S. The van der Waals surface area contributed by atoms with Gasteiger partial charge in [-0.2, -0.15) is 0 Å². The summed E-state index contributed by atoms with van der Waals surface area (Å²) in [6.45, 7) is -0.429. The van der Waals surface area contributed by atoms with E-state index in [0.29, 0.717) is 17.7 Å². The number of aryl methyl sites for hydroxylation is 1. The van der Waals surface area contributed by atoms with Gasteiger partial charge in [-0.05, 0) is 85.0 Å². The second-order valence-electron chi connectivity index (χ2n) is 10.9. The first-order valence-corrected chi connectivity index (χ1v) is 16.0. The molecule has 4 N–H and O–H groups in total. The highest BCUT2D eigenvalue weighted by atomic mass is 32.2. The molecule has 0 spiro atoms. The molecule has 3 aromatic rings. The lowest BCUT2D eigenvalue weighted by molar-refractivity contribution is -0.384. The van der Waals surface area contributed by atoms with Gasteiger partial charge in [0.05, 0.1) is 22.8 Å². The summed E-state index contributed by atoms with van der Waals surface area (Å²) in [7, 11) is -3.77. The quantitative estimate of drug-likeness (QED) is 0.191. The van der Waals surface area contributed by atoms with E-state index in [4.69, 9.17) is 15.2 Å². The number of hydrogen-bond donors (Lipinski definition) is 3. The van der Waals surface area contributed by atoms with Gasteiger partial charge >= 0.3 is 6.09 Å². The minimum Gasteiger partial charge on any atom is -0.490 e. The number of ether oxygens (including phenoxy) is 2. The van der Waals surface area contributed by atoms with Gasteiger partial charge in [0.15, 0.2) is 0 Å². The fourth-order valence-corrected chi connectivity index (χ4v) is 5.62. The molecule has 0 unspecified atom stereocenters. The van der Waals surface area contributed by atoms with Crippen LogP contribution in [-0.4, -0.2) is 49.4 Å². The Morgan fingerprint density at radius 3 is 2.25 bits per heavy atom. The van der Waals surface area contributed by atoms with E-state index in [1.807, 2.05) is 29.0 Å². The van der Waals surface area contributed by atoms with Gasteiger partial charge in [0.1, 0.15) is 18.0 Å². The van der Waals surface area contributed by atoms with Gasteiger partial charge in [0.25, 0.3) is 11.6 Å². The molecule has 1 fully saturated rings. The van der Waals surface area contributed by atoms with Gasteiger partial charge < -0.3 is 20.3 Å². The Hall–Kier alpha value is -4.49. The van der Waals surface area contributed by atoms with Crippen LogP contribution in [0, 0.1) is 10.1 Å². The van der Waals surface area contributed by atoms with Gasteiger partial charge in [0, 0.05) is 12.1 Å². The molecule has 2 amide bonds. The number of nitro groups is 1. The molecule has 13 heteroatoms. The van der Waals surface area contributed by atoms with E-state index in [-0.39, 0.29) is 23.8 Å². The zero-order valence-corrected chi connectivity index (χ0v) is 25.0. The van der Waals surface area contributed by atoms with E-state index in [9.17, 15) is 33.2 Å². The molecule has 234 valence electrons. The van der Waals surface area contributed by atoms with Crippen molar-refractivity contribution >= 4 is 27.7 Å². The minimum atomic E-state index is -3.77. The molecule has 0 aromatic heterocycles. The van der Waals surface area contributed by atoms with Crippen molar-refractivity contribution in [1.29, 1.82) is 0 Å². The number of primary amides is 1. The Bertz CT molecular complexity index is 1600. The van der Waals surface area contributed by atoms with Gasteiger partial charge in [-0.3, -0.25) is 14.9 Å². The summed E-state index contributed by atoms with van der Waals surface area (Å²) in [6.07, 6.45) is 5.15. The molecule has 1 aliphatic rings. The first-order valence-electron chi connectivity index (χ1n) is 14.1. The first kappa shape index (κ1) is 32.4. The number of benzene rings is 3. The number of non-ortho nitro benzene ring substituents is 1. The zero-order chi connectivity index (χ0) is 31.9. The number of nitrogens with one attached hydrogen (secondary N) is 1. The van der Waals surface area contributed by atoms with Crippen molar-refractivity contribution in [2.75, 3.05) is 12.9 Å². The Kier molecular flexibility index (Phi) is 10.2. The van der Waals surface area contributed by atoms with Crippen LogP contribution < -0.4 is 15.2 Å². The van der Waals surface area contributed by atoms with Crippen LogP contribution in [0.4, 0.5) is 10.5 Å². The topological polar surface area (TPSA) is 188 Å². The maximum absolute atomic E-state index is 12.7. The average molecular weight is 626 g/mol. The molecule has 1 atom stereocenters. The Morgan fingerprint density at radius 1 is 1.02 bits per heavy atom. The van der Waals surface area contributed by atoms with E-state index in [1.165, 1.54) is 24.3 Å². The third-order valence-corrected chi connectivity index (χ3v) is 8.09. The van der Waals surface area contributed by atoms with Crippen LogP contribution >= 0.6 is 0 Å². The minimum absolute atomic E-state index is 0.0702. The van der Waals surface area contributed by atoms with Gasteiger partial charge in [-0.1, -0.05) is 36.8 Å². The van der Waals surface area contributed by atoms with Crippen LogP contribution in [0.2, 0.25) is 0 Å². The highest BCUT2D eigenvalue weighted by Gasteiger charge is 2.31. The molecule has 1 saturated carbocycles. The maximum atomic E-state index is 12.7. The van der Waals surface area contributed by atoms with Gasteiger partial charge in [-0.25, -0.2) is 17.9 Å².